The van der Waals surface area contributed by atoms with E-state index in [2.05, 4.69) is 12.2 Å². The third kappa shape index (κ3) is 3.18. The van der Waals surface area contributed by atoms with Gasteiger partial charge in [-0.3, -0.25) is 5.32 Å². The summed E-state index contributed by atoms with van der Waals surface area (Å²) >= 11 is 0. The molecular formula is C8H17NO2. The van der Waals surface area contributed by atoms with Gasteiger partial charge >= 0.3 is 0 Å². The van der Waals surface area contributed by atoms with Crippen LogP contribution >= 0.6 is 0 Å². The van der Waals surface area contributed by atoms with Gasteiger partial charge < -0.3 is 9.84 Å². The van der Waals surface area contributed by atoms with Crippen LogP contribution in [0, 0.1) is 5.92 Å². The van der Waals surface area contributed by atoms with Gasteiger partial charge in [0.2, 0.25) is 0 Å². The van der Waals surface area contributed by atoms with Crippen LogP contribution in [0.2, 0.25) is 0 Å². The molecule has 3 nitrogen and oxygen atoms in total. The van der Waals surface area contributed by atoms with Crippen molar-refractivity contribution in [3.63, 3.8) is 0 Å². The molecule has 2 unspecified atom stereocenters. The van der Waals surface area contributed by atoms with Crippen molar-refractivity contribution < 1.29 is 9.84 Å². The van der Waals surface area contributed by atoms with Crippen LogP contribution in [0.3, 0.4) is 0 Å². The molecule has 0 saturated carbocycles. The van der Waals surface area contributed by atoms with Crippen molar-refractivity contribution in [2.24, 2.45) is 5.92 Å². The van der Waals surface area contributed by atoms with E-state index < -0.39 is 0 Å². The molecule has 2 atom stereocenters. The standard InChI is InChI=1S/C8H17NO2/c1-7-5-9-8(11-6-7)3-2-4-10/h7-10H,2-6H2,1H3. The van der Waals surface area contributed by atoms with Crippen LogP contribution in [-0.4, -0.2) is 31.1 Å². The molecule has 0 aliphatic carbocycles. The molecule has 0 aromatic rings. The Labute approximate surface area is 67.7 Å². The Hall–Kier alpha value is -0.120. The SMILES string of the molecule is CC1CNC(CCCO)OC1. The number of hydrogen-bond donors (Lipinski definition) is 2. The van der Waals surface area contributed by atoms with Crippen LogP contribution in [0.1, 0.15) is 19.8 Å². The van der Waals surface area contributed by atoms with Gasteiger partial charge in [-0.25, -0.2) is 0 Å². The maximum atomic E-state index is 8.57. The second-order valence-electron chi connectivity index (χ2n) is 3.20. The summed E-state index contributed by atoms with van der Waals surface area (Å²) in [6, 6.07) is 0. The fraction of sp³-hybridized carbons (Fsp3) is 1.00. The molecule has 0 aromatic carbocycles. The van der Waals surface area contributed by atoms with E-state index >= 15 is 0 Å². The lowest BCUT2D eigenvalue weighted by Gasteiger charge is -2.28. The number of rotatable bonds is 3. The third-order valence-electron chi connectivity index (χ3n) is 1.90. The first-order valence-corrected chi connectivity index (χ1v) is 4.28. The Balaban J connectivity index is 2.07. The van der Waals surface area contributed by atoms with Crippen molar-refractivity contribution in [3.8, 4) is 0 Å². The Morgan fingerprint density at radius 1 is 1.64 bits per heavy atom. The summed E-state index contributed by atoms with van der Waals surface area (Å²) < 4.78 is 5.47. The van der Waals surface area contributed by atoms with Gasteiger partial charge in [0, 0.05) is 13.2 Å². The van der Waals surface area contributed by atoms with Gasteiger partial charge in [0.25, 0.3) is 0 Å². The summed E-state index contributed by atoms with van der Waals surface area (Å²) in [6.45, 7) is 4.31. The van der Waals surface area contributed by atoms with Crippen LogP contribution in [0.15, 0.2) is 0 Å². The zero-order chi connectivity index (χ0) is 8.10. The van der Waals surface area contributed by atoms with Crippen LogP contribution in [0.4, 0.5) is 0 Å². The molecule has 0 spiro atoms. The molecular weight excluding hydrogens is 142 g/mol. The summed E-state index contributed by atoms with van der Waals surface area (Å²) in [5.41, 5.74) is 0. The van der Waals surface area contributed by atoms with Crippen molar-refractivity contribution in [1.29, 1.82) is 0 Å². The fourth-order valence-corrected chi connectivity index (χ4v) is 1.19. The third-order valence-corrected chi connectivity index (χ3v) is 1.90. The lowest BCUT2D eigenvalue weighted by molar-refractivity contribution is -0.0304. The average Bonchev–Trinajstić information content (AvgIpc) is 2.04. The van der Waals surface area contributed by atoms with Gasteiger partial charge in [-0.15, -0.1) is 0 Å². The first-order valence-electron chi connectivity index (χ1n) is 4.28. The molecule has 11 heavy (non-hydrogen) atoms. The minimum absolute atomic E-state index is 0.179. The van der Waals surface area contributed by atoms with Crippen molar-refractivity contribution in [2.45, 2.75) is 26.0 Å². The monoisotopic (exact) mass is 159 g/mol. The van der Waals surface area contributed by atoms with Crippen molar-refractivity contribution >= 4 is 0 Å². The van der Waals surface area contributed by atoms with Gasteiger partial charge in [-0.05, 0) is 18.8 Å². The number of ether oxygens (including phenoxy) is 1. The van der Waals surface area contributed by atoms with Gasteiger partial charge in [0.1, 0.15) is 6.23 Å². The van der Waals surface area contributed by atoms with Gasteiger partial charge in [-0.1, -0.05) is 6.92 Å². The summed E-state index contributed by atoms with van der Waals surface area (Å²) in [4.78, 5) is 0. The molecule has 0 aromatic heterocycles. The van der Waals surface area contributed by atoms with E-state index in [4.69, 9.17) is 9.84 Å². The summed E-state index contributed by atoms with van der Waals surface area (Å²) in [5.74, 6) is 0.625. The van der Waals surface area contributed by atoms with Crippen molar-refractivity contribution in [2.75, 3.05) is 19.8 Å². The van der Waals surface area contributed by atoms with E-state index in [1.54, 1.807) is 0 Å². The average molecular weight is 159 g/mol. The predicted octanol–water partition coefficient (Wildman–Crippen LogP) is 0.341. The topological polar surface area (TPSA) is 41.5 Å². The van der Waals surface area contributed by atoms with E-state index in [-0.39, 0.29) is 12.8 Å². The molecule has 1 fully saturated rings. The zero-order valence-electron chi connectivity index (χ0n) is 7.05. The molecule has 0 bridgehead atoms. The van der Waals surface area contributed by atoms with Crippen molar-refractivity contribution in [1.82, 2.24) is 5.32 Å². The second-order valence-corrected chi connectivity index (χ2v) is 3.20. The highest BCUT2D eigenvalue weighted by atomic mass is 16.5. The van der Waals surface area contributed by atoms with E-state index in [0.29, 0.717) is 5.92 Å². The lowest BCUT2D eigenvalue weighted by atomic mass is 10.1. The molecule has 1 aliphatic rings. The molecule has 1 rings (SSSR count). The number of aliphatic hydroxyl groups excluding tert-OH is 1. The Bertz CT molecular complexity index is 97.5. The van der Waals surface area contributed by atoms with Crippen LogP contribution in [0.5, 0.6) is 0 Å². The summed E-state index contributed by atoms with van der Waals surface area (Å²) in [5, 5.41) is 11.8. The highest BCUT2D eigenvalue weighted by molar-refractivity contribution is 4.66. The van der Waals surface area contributed by atoms with Crippen molar-refractivity contribution in [3.05, 3.63) is 0 Å². The molecule has 0 amide bonds. The van der Waals surface area contributed by atoms with E-state index in [0.717, 1.165) is 26.0 Å². The van der Waals surface area contributed by atoms with Gasteiger partial charge in [0.15, 0.2) is 0 Å². The highest BCUT2D eigenvalue weighted by Crippen LogP contribution is 2.08. The van der Waals surface area contributed by atoms with E-state index in [9.17, 15) is 0 Å². The molecule has 2 N–H and O–H groups in total. The van der Waals surface area contributed by atoms with Gasteiger partial charge in [-0.2, -0.15) is 0 Å². The minimum atomic E-state index is 0.179. The van der Waals surface area contributed by atoms with Crippen LogP contribution in [-0.2, 0) is 4.74 Å². The van der Waals surface area contributed by atoms with Gasteiger partial charge in [0.05, 0.1) is 6.61 Å². The summed E-state index contributed by atoms with van der Waals surface area (Å²) in [6.07, 6.45) is 1.92. The van der Waals surface area contributed by atoms with Crippen LogP contribution < -0.4 is 5.32 Å². The molecule has 1 saturated heterocycles. The zero-order valence-corrected chi connectivity index (χ0v) is 7.05. The lowest BCUT2D eigenvalue weighted by Crippen LogP contribution is -2.42. The quantitative estimate of drug-likeness (QED) is 0.624. The summed E-state index contributed by atoms with van der Waals surface area (Å²) in [7, 11) is 0. The Kier molecular flexibility index (Phi) is 3.83. The number of hydrogen-bond acceptors (Lipinski definition) is 3. The Morgan fingerprint density at radius 3 is 3.00 bits per heavy atom. The minimum Gasteiger partial charge on any atom is -0.396 e. The molecule has 1 aliphatic heterocycles. The fourth-order valence-electron chi connectivity index (χ4n) is 1.19. The van der Waals surface area contributed by atoms with E-state index in [1.807, 2.05) is 0 Å². The first-order chi connectivity index (χ1) is 5.33. The Morgan fingerprint density at radius 2 is 2.45 bits per heavy atom. The molecule has 0 radical (unpaired) electrons. The molecule has 1 heterocycles. The normalized spacial score (nSPS) is 32.2. The molecule has 3 heteroatoms. The number of aliphatic hydroxyl groups is 1. The maximum absolute atomic E-state index is 8.57. The smallest absolute Gasteiger partial charge is 0.108 e. The maximum Gasteiger partial charge on any atom is 0.108 e. The predicted molar refractivity (Wildman–Crippen MR) is 43.2 cm³/mol. The second kappa shape index (κ2) is 4.70. The number of nitrogens with one attached hydrogen (secondary N) is 1. The molecule has 66 valence electrons. The highest BCUT2D eigenvalue weighted by Gasteiger charge is 2.16. The van der Waals surface area contributed by atoms with E-state index in [1.165, 1.54) is 0 Å². The largest absolute Gasteiger partial charge is 0.396 e. The van der Waals surface area contributed by atoms with Crippen LogP contribution in [0.25, 0.3) is 0 Å². The first kappa shape index (κ1) is 8.97.